The van der Waals surface area contributed by atoms with Crippen molar-refractivity contribution in [2.45, 2.75) is 0 Å². The molecule has 0 heterocycles. The lowest BCUT2D eigenvalue weighted by Crippen LogP contribution is -1.78. The van der Waals surface area contributed by atoms with Gasteiger partial charge in [0.25, 0.3) is 0 Å². The molecule has 0 spiro atoms. The summed E-state index contributed by atoms with van der Waals surface area (Å²) in [5.74, 6) is 0. The van der Waals surface area contributed by atoms with Crippen molar-refractivity contribution in [3.8, 4) is 11.1 Å². The Morgan fingerprint density at radius 2 is 1.79 bits per heavy atom. The van der Waals surface area contributed by atoms with Crippen molar-refractivity contribution in [2.75, 3.05) is 0 Å². The molecular weight excluding hydrogens is 215 g/mol. The molecule has 0 nitrogen and oxygen atoms in total. The molecular formula is C12H7Cl2. The lowest BCUT2D eigenvalue weighted by atomic mass is 10.1. The van der Waals surface area contributed by atoms with E-state index in [0.29, 0.717) is 5.02 Å². The van der Waals surface area contributed by atoms with Gasteiger partial charge in [-0.05, 0) is 17.7 Å². The fraction of sp³-hybridized carbons (Fsp3) is 0. The highest BCUT2D eigenvalue weighted by Gasteiger charge is 2.01. The van der Waals surface area contributed by atoms with Crippen LogP contribution >= 0.6 is 23.2 Å². The van der Waals surface area contributed by atoms with Crippen molar-refractivity contribution >= 4 is 23.2 Å². The average molecular weight is 222 g/mol. The molecule has 0 aliphatic carbocycles. The Kier molecular flexibility index (Phi) is 2.76. The third-order valence-electron chi connectivity index (χ3n) is 1.95. The summed E-state index contributed by atoms with van der Waals surface area (Å²) >= 11 is 11.9. The molecule has 0 aromatic heterocycles. The Morgan fingerprint density at radius 3 is 2.50 bits per heavy atom. The molecule has 2 heteroatoms. The molecule has 0 amide bonds. The van der Waals surface area contributed by atoms with E-state index in [1.807, 2.05) is 36.4 Å². The molecule has 0 bridgehead atoms. The average Bonchev–Trinajstić information content (AvgIpc) is 2.18. The van der Waals surface area contributed by atoms with Crippen LogP contribution in [0.2, 0.25) is 10.0 Å². The van der Waals surface area contributed by atoms with E-state index >= 15 is 0 Å². The summed E-state index contributed by atoms with van der Waals surface area (Å²) in [5.41, 5.74) is 2.00. The van der Waals surface area contributed by atoms with Gasteiger partial charge in [0.2, 0.25) is 0 Å². The van der Waals surface area contributed by atoms with Gasteiger partial charge in [-0.3, -0.25) is 0 Å². The summed E-state index contributed by atoms with van der Waals surface area (Å²) < 4.78 is 0. The van der Waals surface area contributed by atoms with Crippen LogP contribution in [0.15, 0.2) is 42.5 Å². The molecule has 0 atom stereocenters. The van der Waals surface area contributed by atoms with Crippen molar-refractivity contribution in [3.05, 3.63) is 58.6 Å². The minimum atomic E-state index is 0.599. The Labute approximate surface area is 93.1 Å². The van der Waals surface area contributed by atoms with Crippen molar-refractivity contribution in [2.24, 2.45) is 0 Å². The second-order valence-corrected chi connectivity index (χ2v) is 3.72. The van der Waals surface area contributed by atoms with E-state index in [4.69, 9.17) is 23.2 Å². The summed E-state index contributed by atoms with van der Waals surface area (Å²) in [4.78, 5) is 0. The molecule has 2 rings (SSSR count). The molecule has 2 aromatic rings. The summed E-state index contributed by atoms with van der Waals surface area (Å²) in [6.07, 6.45) is 0. The van der Waals surface area contributed by atoms with Crippen LogP contribution in [0.4, 0.5) is 0 Å². The van der Waals surface area contributed by atoms with Gasteiger partial charge in [-0.2, -0.15) is 0 Å². The predicted molar refractivity (Wildman–Crippen MR) is 60.7 cm³/mol. The third-order valence-corrected chi connectivity index (χ3v) is 2.50. The van der Waals surface area contributed by atoms with Crippen LogP contribution in [-0.4, -0.2) is 0 Å². The molecule has 0 saturated heterocycles. The number of hydrogen-bond acceptors (Lipinski definition) is 0. The van der Waals surface area contributed by atoms with Crippen LogP contribution in [0.25, 0.3) is 11.1 Å². The van der Waals surface area contributed by atoms with Gasteiger partial charge >= 0.3 is 0 Å². The van der Waals surface area contributed by atoms with Gasteiger partial charge in [0, 0.05) is 21.7 Å². The first-order valence-corrected chi connectivity index (χ1v) is 4.95. The zero-order valence-corrected chi connectivity index (χ0v) is 8.81. The van der Waals surface area contributed by atoms with Gasteiger partial charge in [0.15, 0.2) is 0 Å². The van der Waals surface area contributed by atoms with Crippen molar-refractivity contribution in [1.82, 2.24) is 0 Å². The van der Waals surface area contributed by atoms with Crippen LogP contribution in [0.3, 0.4) is 0 Å². The van der Waals surface area contributed by atoms with E-state index in [1.54, 1.807) is 6.07 Å². The lowest BCUT2D eigenvalue weighted by Gasteiger charge is -2.03. The number of hydrogen-bond donors (Lipinski definition) is 0. The SMILES string of the molecule is Clc1[c]ccc(-c2ccccc2Cl)c1. The number of benzene rings is 2. The van der Waals surface area contributed by atoms with Gasteiger partial charge < -0.3 is 0 Å². The molecule has 0 fully saturated rings. The molecule has 14 heavy (non-hydrogen) atoms. The van der Waals surface area contributed by atoms with E-state index < -0.39 is 0 Å². The minimum Gasteiger partial charge on any atom is -0.0837 e. The summed E-state index contributed by atoms with van der Waals surface area (Å²) in [5, 5.41) is 1.33. The Morgan fingerprint density at radius 1 is 1.00 bits per heavy atom. The molecule has 0 saturated carbocycles. The van der Waals surface area contributed by atoms with Gasteiger partial charge in [0.1, 0.15) is 0 Å². The first kappa shape index (κ1) is 9.57. The molecule has 2 aromatic carbocycles. The maximum Gasteiger partial charge on any atom is 0.0491 e. The molecule has 0 aliphatic rings. The van der Waals surface area contributed by atoms with Crippen LogP contribution in [0.5, 0.6) is 0 Å². The maximum atomic E-state index is 6.06. The highest BCUT2D eigenvalue weighted by atomic mass is 35.5. The highest BCUT2D eigenvalue weighted by Crippen LogP contribution is 2.28. The molecule has 1 radical (unpaired) electrons. The van der Waals surface area contributed by atoms with Gasteiger partial charge in [0.05, 0.1) is 0 Å². The summed E-state index contributed by atoms with van der Waals surface area (Å²) in [7, 11) is 0. The van der Waals surface area contributed by atoms with E-state index in [9.17, 15) is 0 Å². The molecule has 0 unspecified atom stereocenters. The first-order valence-electron chi connectivity index (χ1n) is 4.19. The predicted octanol–water partition coefficient (Wildman–Crippen LogP) is 4.46. The Hall–Kier alpha value is -0.980. The van der Waals surface area contributed by atoms with E-state index in [2.05, 4.69) is 6.07 Å². The van der Waals surface area contributed by atoms with Crippen molar-refractivity contribution in [3.63, 3.8) is 0 Å². The van der Waals surface area contributed by atoms with E-state index in [1.165, 1.54) is 0 Å². The highest BCUT2D eigenvalue weighted by molar-refractivity contribution is 6.33. The molecule has 69 valence electrons. The van der Waals surface area contributed by atoms with Crippen molar-refractivity contribution < 1.29 is 0 Å². The summed E-state index contributed by atoms with van der Waals surface area (Å²) in [6, 6.07) is 16.1. The summed E-state index contributed by atoms with van der Waals surface area (Å²) in [6.45, 7) is 0. The quantitative estimate of drug-likeness (QED) is 0.668. The fourth-order valence-corrected chi connectivity index (χ4v) is 1.73. The smallest absolute Gasteiger partial charge is 0.0491 e. The van der Waals surface area contributed by atoms with E-state index in [0.717, 1.165) is 16.1 Å². The van der Waals surface area contributed by atoms with E-state index in [-0.39, 0.29) is 0 Å². The zero-order chi connectivity index (χ0) is 9.97. The van der Waals surface area contributed by atoms with Gasteiger partial charge in [-0.1, -0.05) is 53.5 Å². The second kappa shape index (κ2) is 4.04. The Balaban J connectivity index is 2.55. The largest absolute Gasteiger partial charge is 0.0837 e. The zero-order valence-electron chi connectivity index (χ0n) is 7.30. The number of halogens is 2. The monoisotopic (exact) mass is 221 g/mol. The molecule has 0 N–H and O–H groups in total. The second-order valence-electron chi connectivity index (χ2n) is 2.91. The van der Waals surface area contributed by atoms with Crippen molar-refractivity contribution in [1.29, 1.82) is 0 Å². The standard InChI is InChI=1S/C12H7Cl2/c13-10-5-3-4-9(8-10)11-6-1-2-7-12(11)14/h1-4,6-8H. The normalized spacial score (nSPS) is 10.1. The van der Waals surface area contributed by atoms with Crippen LogP contribution < -0.4 is 0 Å². The maximum absolute atomic E-state index is 6.06. The lowest BCUT2D eigenvalue weighted by molar-refractivity contribution is 1.61. The van der Waals surface area contributed by atoms with Gasteiger partial charge in [-0.25, -0.2) is 0 Å². The Bertz CT molecular complexity index is 450. The molecule has 0 aliphatic heterocycles. The van der Waals surface area contributed by atoms with Gasteiger partial charge in [-0.15, -0.1) is 0 Å². The van der Waals surface area contributed by atoms with Crippen LogP contribution in [0.1, 0.15) is 0 Å². The van der Waals surface area contributed by atoms with Crippen LogP contribution in [0, 0.1) is 6.07 Å². The minimum absolute atomic E-state index is 0.599. The third kappa shape index (κ3) is 1.92. The fourth-order valence-electron chi connectivity index (χ4n) is 1.30. The topological polar surface area (TPSA) is 0 Å². The first-order chi connectivity index (χ1) is 6.77. The van der Waals surface area contributed by atoms with Crippen LogP contribution in [-0.2, 0) is 0 Å². The number of rotatable bonds is 1.